The zero-order valence-corrected chi connectivity index (χ0v) is 18.0. The molecule has 1 fully saturated rings. The van der Waals surface area contributed by atoms with Gasteiger partial charge in [-0.15, -0.1) is 20.4 Å². The maximum Gasteiger partial charge on any atom is 0.232 e. The van der Waals surface area contributed by atoms with Crippen LogP contribution in [0, 0.1) is 5.92 Å². The van der Waals surface area contributed by atoms with Crippen LogP contribution < -0.4 is 10.6 Å². The molecule has 0 radical (unpaired) electrons. The highest BCUT2D eigenvalue weighted by molar-refractivity contribution is 7.15. The first kappa shape index (κ1) is 20.5. The Morgan fingerprint density at radius 2 is 1.90 bits per heavy atom. The van der Waals surface area contributed by atoms with Gasteiger partial charge in [0.05, 0.1) is 6.42 Å². The molecule has 0 aliphatic heterocycles. The number of aromatic nitrogens is 5. The average Bonchev–Trinajstić information content (AvgIpc) is 3.44. The largest absolute Gasteiger partial charge is 0.301 e. The van der Waals surface area contributed by atoms with E-state index in [1.54, 1.807) is 6.20 Å². The summed E-state index contributed by atoms with van der Waals surface area (Å²) in [6.07, 6.45) is 5.86. The van der Waals surface area contributed by atoms with Crippen molar-refractivity contribution >= 4 is 44.8 Å². The van der Waals surface area contributed by atoms with Crippen molar-refractivity contribution in [2.45, 2.75) is 44.9 Å². The summed E-state index contributed by atoms with van der Waals surface area (Å²) in [7, 11) is 0. The summed E-state index contributed by atoms with van der Waals surface area (Å²) in [6, 6.07) is 5.49. The van der Waals surface area contributed by atoms with Crippen molar-refractivity contribution in [3.05, 3.63) is 40.1 Å². The SMILES string of the molecule is CC(=O)Nc1nnc([C@H]2CCC(Cc3nnc(NC(=O)Cc4ccccn4)s3)C2)s1. The molecule has 11 heteroatoms. The first-order valence-corrected chi connectivity index (χ1v) is 11.3. The van der Waals surface area contributed by atoms with Crippen LogP contribution in [0.4, 0.5) is 10.3 Å². The molecular formula is C19H21N7O2S2. The standard InChI is InChI=1S/C19H21N7O2S2/c1-11(27)21-18-26-24-17(30-18)13-6-5-12(8-13)9-16-23-25-19(29-16)22-15(28)10-14-4-2-3-7-20-14/h2-4,7,12-13H,5-6,8-10H2,1H3,(H,21,26,27)(H,22,25,28)/t12?,13-/m0/s1. The molecule has 3 aromatic heterocycles. The summed E-state index contributed by atoms with van der Waals surface area (Å²) < 4.78 is 0. The smallest absolute Gasteiger partial charge is 0.232 e. The highest BCUT2D eigenvalue weighted by Gasteiger charge is 2.29. The molecule has 0 saturated heterocycles. The van der Waals surface area contributed by atoms with Crippen molar-refractivity contribution in [2.24, 2.45) is 5.92 Å². The Kier molecular flexibility index (Phi) is 6.38. The number of hydrogen-bond acceptors (Lipinski definition) is 9. The minimum absolute atomic E-state index is 0.138. The number of nitrogens with one attached hydrogen (secondary N) is 2. The van der Waals surface area contributed by atoms with E-state index in [-0.39, 0.29) is 18.2 Å². The molecular weight excluding hydrogens is 422 g/mol. The third kappa shape index (κ3) is 5.42. The highest BCUT2D eigenvalue weighted by Crippen LogP contribution is 2.41. The van der Waals surface area contributed by atoms with Crippen LogP contribution >= 0.6 is 22.7 Å². The Morgan fingerprint density at radius 3 is 2.70 bits per heavy atom. The molecule has 2 amide bonds. The first-order chi connectivity index (χ1) is 14.5. The van der Waals surface area contributed by atoms with E-state index in [4.69, 9.17) is 0 Å². The first-order valence-electron chi connectivity index (χ1n) is 9.68. The average molecular weight is 444 g/mol. The molecule has 3 heterocycles. The topological polar surface area (TPSA) is 123 Å². The van der Waals surface area contributed by atoms with E-state index >= 15 is 0 Å². The van der Waals surface area contributed by atoms with Gasteiger partial charge in [-0.2, -0.15) is 0 Å². The summed E-state index contributed by atoms with van der Waals surface area (Å²) >= 11 is 2.87. The predicted octanol–water partition coefficient (Wildman–Crippen LogP) is 3.05. The van der Waals surface area contributed by atoms with Crippen LogP contribution in [0.3, 0.4) is 0 Å². The van der Waals surface area contributed by atoms with Crippen LogP contribution in [0.15, 0.2) is 24.4 Å². The van der Waals surface area contributed by atoms with Gasteiger partial charge in [0.1, 0.15) is 10.0 Å². The van der Waals surface area contributed by atoms with Gasteiger partial charge in [0.2, 0.25) is 22.1 Å². The molecule has 0 spiro atoms. The molecule has 0 aromatic carbocycles. The Hall–Kier alpha value is -2.79. The van der Waals surface area contributed by atoms with Crippen molar-refractivity contribution in [3.8, 4) is 0 Å². The van der Waals surface area contributed by atoms with Crippen molar-refractivity contribution in [1.82, 2.24) is 25.4 Å². The van der Waals surface area contributed by atoms with Crippen LogP contribution in [-0.2, 0) is 22.4 Å². The second-order valence-electron chi connectivity index (χ2n) is 7.25. The van der Waals surface area contributed by atoms with Gasteiger partial charge in [0.15, 0.2) is 0 Å². The van der Waals surface area contributed by atoms with Crippen LogP contribution in [0.1, 0.15) is 47.8 Å². The fraction of sp³-hybridized carbons (Fsp3) is 0.421. The Labute approximate surface area is 181 Å². The Bertz CT molecular complexity index is 1020. The summed E-state index contributed by atoms with van der Waals surface area (Å²) in [6.45, 7) is 1.46. The number of hydrogen-bond donors (Lipinski definition) is 2. The van der Waals surface area contributed by atoms with E-state index in [0.29, 0.717) is 22.1 Å². The molecule has 4 rings (SSSR count). The highest BCUT2D eigenvalue weighted by atomic mass is 32.1. The van der Waals surface area contributed by atoms with E-state index in [9.17, 15) is 9.59 Å². The molecule has 3 aromatic rings. The number of pyridine rings is 1. The van der Waals surface area contributed by atoms with Crippen molar-refractivity contribution in [2.75, 3.05) is 10.6 Å². The summed E-state index contributed by atoms with van der Waals surface area (Å²) in [5.41, 5.74) is 0.718. The van der Waals surface area contributed by atoms with Gasteiger partial charge in [-0.1, -0.05) is 28.7 Å². The molecule has 2 atom stereocenters. The number of amides is 2. The molecule has 1 saturated carbocycles. The van der Waals surface area contributed by atoms with Gasteiger partial charge < -0.3 is 10.6 Å². The van der Waals surface area contributed by atoms with Crippen molar-refractivity contribution < 1.29 is 9.59 Å². The quantitative estimate of drug-likeness (QED) is 0.575. The van der Waals surface area contributed by atoms with Gasteiger partial charge in [-0.3, -0.25) is 14.6 Å². The van der Waals surface area contributed by atoms with E-state index in [1.165, 1.54) is 29.6 Å². The van der Waals surface area contributed by atoms with E-state index < -0.39 is 0 Å². The Balaban J connectivity index is 1.27. The number of anilines is 2. The maximum atomic E-state index is 12.2. The van der Waals surface area contributed by atoms with Gasteiger partial charge in [0.25, 0.3) is 0 Å². The molecule has 0 bridgehead atoms. The molecule has 156 valence electrons. The van der Waals surface area contributed by atoms with E-state index in [1.807, 2.05) is 18.2 Å². The summed E-state index contributed by atoms with van der Waals surface area (Å²) in [5, 5.41) is 25.1. The lowest BCUT2D eigenvalue weighted by Gasteiger charge is -2.06. The monoisotopic (exact) mass is 443 g/mol. The van der Waals surface area contributed by atoms with Crippen LogP contribution in [0.25, 0.3) is 0 Å². The van der Waals surface area contributed by atoms with Crippen LogP contribution in [0.2, 0.25) is 0 Å². The number of nitrogens with zero attached hydrogens (tertiary/aromatic N) is 5. The molecule has 1 aliphatic carbocycles. The van der Waals surface area contributed by atoms with Crippen LogP contribution in [-0.4, -0.2) is 37.2 Å². The van der Waals surface area contributed by atoms with Gasteiger partial charge in [-0.25, -0.2) is 0 Å². The number of carbonyl (C=O) groups is 2. The minimum Gasteiger partial charge on any atom is -0.301 e. The maximum absolute atomic E-state index is 12.2. The second kappa shape index (κ2) is 9.35. The fourth-order valence-corrected chi connectivity index (χ4v) is 5.36. The van der Waals surface area contributed by atoms with Gasteiger partial charge >= 0.3 is 0 Å². The number of carbonyl (C=O) groups excluding carboxylic acids is 2. The zero-order chi connectivity index (χ0) is 20.9. The Morgan fingerprint density at radius 1 is 1.07 bits per heavy atom. The van der Waals surface area contributed by atoms with Crippen molar-refractivity contribution in [3.63, 3.8) is 0 Å². The second-order valence-corrected chi connectivity index (χ2v) is 9.32. The van der Waals surface area contributed by atoms with Gasteiger partial charge in [0, 0.05) is 31.2 Å². The third-order valence-electron chi connectivity index (χ3n) is 4.86. The van der Waals surface area contributed by atoms with E-state index in [2.05, 4.69) is 36.0 Å². The number of rotatable bonds is 7. The van der Waals surface area contributed by atoms with Gasteiger partial charge in [-0.05, 0) is 37.3 Å². The zero-order valence-electron chi connectivity index (χ0n) is 16.4. The lowest BCUT2D eigenvalue weighted by atomic mass is 10.0. The molecule has 2 N–H and O–H groups in total. The minimum atomic E-state index is -0.149. The summed E-state index contributed by atoms with van der Waals surface area (Å²) in [4.78, 5) is 27.5. The molecule has 1 unspecified atom stereocenters. The molecule has 9 nitrogen and oxygen atoms in total. The predicted molar refractivity (Wildman–Crippen MR) is 114 cm³/mol. The fourth-order valence-electron chi connectivity index (χ4n) is 3.55. The van der Waals surface area contributed by atoms with Crippen molar-refractivity contribution in [1.29, 1.82) is 0 Å². The third-order valence-corrected chi connectivity index (χ3v) is 6.72. The summed E-state index contributed by atoms with van der Waals surface area (Å²) in [5.74, 6) is 0.568. The van der Waals surface area contributed by atoms with Crippen LogP contribution in [0.5, 0.6) is 0 Å². The lowest BCUT2D eigenvalue weighted by molar-refractivity contribution is -0.116. The lowest BCUT2D eigenvalue weighted by Crippen LogP contribution is -2.14. The molecule has 30 heavy (non-hydrogen) atoms. The normalized spacial score (nSPS) is 18.3. The van der Waals surface area contributed by atoms with E-state index in [0.717, 1.165) is 41.4 Å². The molecule has 1 aliphatic rings.